The molecule has 0 aliphatic carbocycles. The molecule has 0 saturated heterocycles. The highest BCUT2D eigenvalue weighted by atomic mass is 32.1. The summed E-state index contributed by atoms with van der Waals surface area (Å²) in [5.41, 5.74) is 6.12. The largest absolute Gasteiger partial charge is 0.489 e. The second kappa shape index (κ2) is 8.35. The van der Waals surface area contributed by atoms with Crippen LogP contribution < -0.4 is 10.2 Å². The summed E-state index contributed by atoms with van der Waals surface area (Å²) in [5.74, 6) is 0.812. The lowest BCUT2D eigenvalue weighted by molar-refractivity contribution is 0.307. The van der Waals surface area contributed by atoms with Crippen molar-refractivity contribution in [2.24, 2.45) is 5.10 Å². The van der Waals surface area contributed by atoms with Crippen LogP contribution in [0, 0.1) is 0 Å². The van der Waals surface area contributed by atoms with Crippen molar-refractivity contribution in [1.29, 1.82) is 0 Å². The second-order valence-corrected chi connectivity index (χ2v) is 7.89. The molecule has 0 aliphatic heterocycles. The maximum Gasteiger partial charge on any atom is 0.204 e. The van der Waals surface area contributed by atoms with Gasteiger partial charge in [0, 0.05) is 0 Å². The number of benzene rings is 4. The number of para-hydroxylation sites is 1. The Bertz CT molecular complexity index is 1300. The van der Waals surface area contributed by atoms with Gasteiger partial charge in [0.25, 0.3) is 0 Å². The zero-order valence-electron chi connectivity index (χ0n) is 16.2. The van der Waals surface area contributed by atoms with E-state index < -0.39 is 0 Å². The molecule has 5 heteroatoms. The number of hydrogen-bond acceptors (Lipinski definition) is 5. The Morgan fingerprint density at radius 2 is 1.73 bits per heavy atom. The Morgan fingerprint density at radius 1 is 0.900 bits per heavy atom. The van der Waals surface area contributed by atoms with Gasteiger partial charge in [-0.25, -0.2) is 4.98 Å². The maximum absolute atomic E-state index is 6.05. The van der Waals surface area contributed by atoms with Gasteiger partial charge in [-0.15, -0.1) is 0 Å². The van der Waals surface area contributed by atoms with Crippen LogP contribution in [0.3, 0.4) is 0 Å². The topological polar surface area (TPSA) is 46.5 Å². The molecule has 146 valence electrons. The lowest BCUT2D eigenvalue weighted by Crippen LogP contribution is -1.97. The fourth-order valence-corrected chi connectivity index (χ4v) is 4.16. The first-order valence-corrected chi connectivity index (χ1v) is 10.5. The number of hydrazone groups is 1. The van der Waals surface area contributed by atoms with E-state index in [1.807, 2.05) is 42.5 Å². The molecule has 0 aliphatic rings. The van der Waals surface area contributed by atoms with Gasteiger partial charge in [-0.1, -0.05) is 78.1 Å². The van der Waals surface area contributed by atoms with Gasteiger partial charge < -0.3 is 4.74 Å². The van der Waals surface area contributed by atoms with Crippen LogP contribution in [-0.4, -0.2) is 11.2 Å². The average molecular weight is 410 g/mol. The van der Waals surface area contributed by atoms with E-state index in [1.54, 1.807) is 17.6 Å². The zero-order valence-corrected chi connectivity index (χ0v) is 17.0. The molecule has 0 atom stereocenters. The summed E-state index contributed by atoms with van der Waals surface area (Å²) in [6, 6.07) is 30.6. The Balaban J connectivity index is 1.26. The SMILES string of the molecule is C(=N\Nc1nc2ccccc2s1)/c1cccc(OCc2cccc3ccccc23)c1. The fraction of sp³-hybridized carbons (Fsp3) is 0.0400. The van der Waals surface area contributed by atoms with Crippen LogP contribution >= 0.6 is 11.3 Å². The smallest absolute Gasteiger partial charge is 0.204 e. The number of ether oxygens (including phenoxy) is 1. The molecule has 0 amide bonds. The van der Waals surface area contributed by atoms with E-state index in [0.717, 1.165) is 26.7 Å². The van der Waals surface area contributed by atoms with E-state index in [9.17, 15) is 0 Å². The van der Waals surface area contributed by atoms with Crippen LogP contribution in [-0.2, 0) is 6.61 Å². The molecule has 4 aromatic carbocycles. The molecule has 4 nitrogen and oxygen atoms in total. The van der Waals surface area contributed by atoms with Crippen molar-refractivity contribution in [2.45, 2.75) is 6.61 Å². The highest BCUT2D eigenvalue weighted by molar-refractivity contribution is 7.22. The number of anilines is 1. The quantitative estimate of drug-likeness (QED) is 0.258. The van der Waals surface area contributed by atoms with Gasteiger partial charge in [-0.2, -0.15) is 5.10 Å². The normalized spacial score (nSPS) is 11.3. The summed E-state index contributed by atoms with van der Waals surface area (Å²) >= 11 is 1.58. The molecule has 0 bridgehead atoms. The van der Waals surface area contributed by atoms with Gasteiger partial charge in [0.1, 0.15) is 12.4 Å². The molecule has 30 heavy (non-hydrogen) atoms. The van der Waals surface area contributed by atoms with E-state index in [2.05, 4.69) is 64.0 Å². The van der Waals surface area contributed by atoms with Gasteiger partial charge in [0.05, 0.1) is 16.4 Å². The van der Waals surface area contributed by atoms with Crippen LogP contribution in [0.15, 0.2) is 96.1 Å². The minimum absolute atomic E-state index is 0.520. The molecule has 1 N–H and O–H groups in total. The number of aromatic nitrogens is 1. The minimum Gasteiger partial charge on any atom is -0.489 e. The molecule has 5 aromatic rings. The molecule has 0 unspecified atom stereocenters. The van der Waals surface area contributed by atoms with E-state index in [-0.39, 0.29) is 0 Å². The first-order valence-electron chi connectivity index (χ1n) is 9.69. The van der Waals surface area contributed by atoms with Crippen molar-refractivity contribution < 1.29 is 4.74 Å². The summed E-state index contributed by atoms with van der Waals surface area (Å²) in [7, 11) is 0. The number of rotatable bonds is 6. The van der Waals surface area contributed by atoms with Crippen molar-refractivity contribution in [3.05, 3.63) is 102 Å². The van der Waals surface area contributed by atoms with Crippen LogP contribution in [0.2, 0.25) is 0 Å². The molecule has 1 aromatic heterocycles. The number of nitrogens with zero attached hydrogens (tertiary/aromatic N) is 2. The van der Waals surface area contributed by atoms with E-state index in [4.69, 9.17) is 4.74 Å². The number of fused-ring (bicyclic) bond motifs is 2. The highest BCUT2D eigenvalue weighted by Gasteiger charge is 2.03. The van der Waals surface area contributed by atoms with Gasteiger partial charge in [0.15, 0.2) is 0 Å². The maximum atomic E-state index is 6.05. The minimum atomic E-state index is 0.520. The van der Waals surface area contributed by atoms with Gasteiger partial charge in [0.2, 0.25) is 5.13 Å². The third-order valence-electron chi connectivity index (χ3n) is 4.80. The van der Waals surface area contributed by atoms with E-state index >= 15 is 0 Å². The predicted molar refractivity (Wildman–Crippen MR) is 126 cm³/mol. The number of nitrogens with one attached hydrogen (secondary N) is 1. The first kappa shape index (κ1) is 18.3. The highest BCUT2D eigenvalue weighted by Crippen LogP contribution is 2.25. The van der Waals surface area contributed by atoms with Crippen molar-refractivity contribution in [3.63, 3.8) is 0 Å². The Hall–Kier alpha value is -3.70. The molecule has 1 heterocycles. The predicted octanol–water partition coefficient (Wildman–Crippen LogP) is 6.47. The van der Waals surface area contributed by atoms with Crippen molar-refractivity contribution in [3.8, 4) is 5.75 Å². The Labute approximate surface area is 178 Å². The van der Waals surface area contributed by atoms with Crippen LogP contribution in [0.5, 0.6) is 5.75 Å². The zero-order chi connectivity index (χ0) is 20.2. The van der Waals surface area contributed by atoms with E-state index in [0.29, 0.717) is 6.61 Å². The summed E-state index contributed by atoms with van der Waals surface area (Å²) in [5, 5.41) is 7.54. The van der Waals surface area contributed by atoms with Gasteiger partial charge in [-0.05, 0) is 46.2 Å². The first-order chi connectivity index (χ1) is 14.8. The van der Waals surface area contributed by atoms with Crippen molar-refractivity contribution in [2.75, 3.05) is 5.43 Å². The van der Waals surface area contributed by atoms with Crippen LogP contribution in [0.4, 0.5) is 5.13 Å². The summed E-state index contributed by atoms with van der Waals surface area (Å²) in [4.78, 5) is 4.52. The number of thiazole rings is 1. The third-order valence-corrected chi connectivity index (χ3v) is 5.74. The average Bonchev–Trinajstić information content (AvgIpc) is 3.21. The van der Waals surface area contributed by atoms with Gasteiger partial charge in [-0.3, -0.25) is 5.43 Å². The van der Waals surface area contributed by atoms with Crippen molar-refractivity contribution in [1.82, 2.24) is 4.98 Å². The second-order valence-electron chi connectivity index (χ2n) is 6.86. The molecule has 5 rings (SSSR count). The van der Waals surface area contributed by atoms with Crippen LogP contribution in [0.25, 0.3) is 21.0 Å². The lowest BCUT2D eigenvalue weighted by Gasteiger charge is -2.09. The fourth-order valence-electron chi connectivity index (χ4n) is 3.35. The molecule has 0 fully saturated rings. The number of hydrogen-bond donors (Lipinski definition) is 1. The summed E-state index contributed by atoms with van der Waals surface area (Å²) in [6.45, 7) is 0.520. The summed E-state index contributed by atoms with van der Waals surface area (Å²) < 4.78 is 7.19. The standard InChI is InChI=1S/C25H19N3OS/c1-2-12-22-19(8-1)9-6-10-20(22)17-29-21-11-5-7-18(15-21)16-26-28-25-27-23-13-3-4-14-24(23)30-25/h1-16H,17H2,(H,27,28)/b26-16+. The Kier molecular flexibility index (Phi) is 5.10. The Morgan fingerprint density at radius 3 is 2.70 bits per heavy atom. The molecular formula is C25H19N3OS. The molecule has 0 spiro atoms. The molecular weight excluding hydrogens is 390 g/mol. The molecule has 0 saturated carbocycles. The van der Waals surface area contributed by atoms with Crippen LogP contribution in [0.1, 0.15) is 11.1 Å². The van der Waals surface area contributed by atoms with Gasteiger partial charge >= 0.3 is 0 Å². The third kappa shape index (κ3) is 4.02. The van der Waals surface area contributed by atoms with Crippen molar-refractivity contribution >= 4 is 43.7 Å². The molecule has 0 radical (unpaired) electrons. The monoisotopic (exact) mass is 409 g/mol. The summed E-state index contributed by atoms with van der Waals surface area (Å²) in [6.07, 6.45) is 1.77. The lowest BCUT2D eigenvalue weighted by atomic mass is 10.1. The van der Waals surface area contributed by atoms with E-state index in [1.165, 1.54) is 16.3 Å².